The summed E-state index contributed by atoms with van der Waals surface area (Å²) in [7, 11) is 0. The van der Waals surface area contributed by atoms with Crippen LogP contribution in [0.15, 0.2) is 51.4 Å². The fourth-order valence-corrected chi connectivity index (χ4v) is 2.21. The third kappa shape index (κ3) is 3.58. The highest BCUT2D eigenvalue weighted by Crippen LogP contribution is 2.24. The van der Waals surface area contributed by atoms with E-state index in [1.165, 1.54) is 0 Å². The molecule has 0 heterocycles. The number of halogens is 2. The van der Waals surface area contributed by atoms with Gasteiger partial charge in [-0.1, -0.05) is 34.1 Å². The number of anilines is 1. The largest absolute Gasteiger partial charge is 0.457 e. The first-order valence-corrected chi connectivity index (χ1v) is 7.12. The Kier molecular flexibility index (Phi) is 4.61. The van der Waals surface area contributed by atoms with Crippen molar-refractivity contribution < 1.29 is 9.53 Å². The van der Waals surface area contributed by atoms with Crippen LogP contribution in [0.1, 0.15) is 15.9 Å². The Hall–Kier alpha value is -1.33. The van der Waals surface area contributed by atoms with Crippen molar-refractivity contribution >= 4 is 43.5 Å². The molecule has 0 aliphatic rings. The van der Waals surface area contributed by atoms with Gasteiger partial charge in [0, 0.05) is 10.2 Å². The summed E-state index contributed by atoms with van der Waals surface area (Å²) in [6, 6.07) is 12.7. The number of rotatable bonds is 3. The van der Waals surface area contributed by atoms with Crippen molar-refractivity contribution in [2.45, 2.75) is 6.61 Å². The van der Waals surface area contributed by atoms with Gasteiger partial charge in [-0.25, -0.2) is 4.79 Å². The topological polar surface area (TPSA) is 52.3 Å². The predicted octanol–water partition coefficient (Wildman–Crippen LogP) is 4.15. The highest BCUT2D eigenvalue weighted by molar-refractivity contribution is 9.11. The zero-order valence-corrected chi connectivity index (χ0v) is 13.1. The van der Waals surface area contributed by atoms with Gasteiger partial charge in [0.15, 0.2) is 0 Å². The number of nitrogen functional groups attached to an aromatic ring is 1. The standard InChI is InChI=1S/C14H11Br2NO2/c15-10-6-4-9(5-7-10)8-19-14(18)11-2-1-3-12(17)13(11)16/h1-7H,8,17H2. The molecule has 0 saturated carbocycles. The van der Waals surface area contributed by atoms with Gasteiger partial charge in [0.2, 0.25) is 0 Å². The van der Waals surface area contributed by atoms with Gasteiger partial charge in [-0.2, -0.15) is 0 Å². The van der Waals surface area contributed by atoms with E-state index in [4.69, 9.17) is 10.5 Å². The lowest BCUT2D eigenvalue weighted by molar-refractivity contribution is 0.0471. The van der Waals surface area contributed by atoms with Crippen molar-refractivity contribution in [3.05, 3.63) is 62.5 Å². The van der Waals surface area contributed by atoms with Crippen molar-refractivity contribution in [2.24, 2.45) is 0 Å². The first kappa shape index (κ1) is 14.1. The molecule has 19 heavy (non-hydrogen) atoms. The Bertz CT molecular complexity index is 597. The summed E-state index contributed by atoms with van der Waals surface area (Å²) in [6.07, 6.45) is 0. The van der Waals surface area contributed by atoms with Crippen LogP contribution in [0.25, 0.3) is 0 Å². The van der Waals surface area contributed by atoms with Crippen LogP contribution in [0.3, 0.4) is 0 Å². The van der Waals surface area contributed by atoms with E-state index in [9.17, 15) is 4.79 Å². The van der Waals surface area contributed by atoms with Crippen molar-refractivity contribution in [3.63, 3.8) is 0 Å². The number of esters is 1. The third-order valence-corrected chi connectivity index (χ3v) is 3.95. The molecule has 0 aliphatic carbocycles. The quantitative estimate of drug-likeness (QED) is 0.638. The van der Waals surface area contributed by atoms with Crippen LogP contribution in [0, 0.1) is 0 Å². The molecule has 0 saturated heterocycles. The highest BCUT2D eigenvalue weighted by Gasteiger charge is 2.13. The summed E-state index contributed by atoms with van der Waals surface area (Å²) in [5.74, 6) is -0.401. The van der Waals surface area contributed by atoms with Gasteiger partial charge in [0.05, 0.1) is 10.0 Å². The number of benzene rings is 2. The van der Waals surface area contributed by atoms with Crippen LogP contribution in [0.4, 0.5) is 5.69 Å². The SMILES string of the molecule is Nc1cccc(C(=O)OCc2ccc(Br)cc2)c1Br. The number of hydrogen-bond donors (Lipinski definition) is 1. The zero-order chi connectivity index (χ0) is 13.8. The maximum absolute atomic E-state index is 11.9. The lowest BCUT2D eigenvalue weighted by Crippen LogP contribution is -2.07. The fourth-order valence-electron chi connectivity index (χ4n) is 1.51. The third-order valence-electron chi connectivity index (χ3n) is 2.53. The van der Waals surface area contributed by atoms with E-state index < -0.39 is 5.97 Å². The molecule has 0 amide bonds. The minimum Gasteiger partial charge on any atom is -0.457 e. The Morgan fingerprint density at radius 1 is 1.11 bits per heavy atom. The molecule has 98 valence electrons. The average Bonchev–Trinajstić information content (AvgIpc) is 2.41. The first-order valence-electron chi connectivity index (χ1n) is 5.53. The number of hydrogen-bond acceptors (Lipinski definition) is 3. The monoisotopic (exact) mass is 383 g/mol. The zero-order valence-electron chi connectivity index (χ0n) is 9.90. The highest BCUT2D eigenvalue weighted by atomic mass is 79.9. The van der Waals surface area contributed by atoms with Crippen LogP contribution in [0.2, 0.25) is 0 Å². The summed E-state index contributed by atoms with van der Waals surface area (Å²) in [5.41, 5.74) is 7.59. The van der Waals surface area contributed by atoms with Crippen LogP contribution in [-0.4, -0.2) is 5.97 Å². The van der Waals surface area contributed by atoms with E-state index in [0.717, 1.165) is 10.0 Å². The lowest BCUT2D eigenvalue weighted by atomic mass is 10.2. The normalized spacial score (nSPS) is 10.2. The predicted molar refractivity (Wildman–Crippen MR) is 81.8 cm³/mol. The van der Waals surface area contributed by atoms with E-state index in [0.29, 0.717) is 15.7 Å². The van der Waals surface area contributed by atoms with E-state index in [1.54, 1.807) is 18.2 Å². The van der Waals surface area contributed by atoms with Gasteiger partial charge in [0.25, 0.3) is 0 Å². The summed E-state index contributed by atoms with van der Waals surface area (Å²) in [5, 5.41) is 0. The molecule has 5 heteroatoms. The minimum atomic E-state index is -0.401. The molecule has 0 aromatic heterocycles. The van der Waals surface area contributed by atoms with E-state index in [2.05, 4.69) is 31.9 Å². The summed E-state index contributed by atoms with van der Waals surface area (Å²) < 4.78 is 6.80. The van der Waals surface area contributed by atoms with Gasteiger partial charge in [-0.05, 0) is 45.8 Å². The van der Waals surface area contributed by atoms with Gasteiger partial charge >= 0.3 is 5.97 Å². The van der Waals surface area contributed by atoms with Crippen LogP contribution < -0.4 is 5.73 Å². The lowest BCUT2D eigenvalue weighted by Gasteiger charge is -2.08. The molecule has 0 fully saturated rings. The molecule has 0 atom stereocenters. The van der Waals surface area contributed by atoms with Gasteiger partial charge in [-0.3, -0.25) is 0 Å². The molecule has 2 N–H and O–H groups in total. The molecule has 3 nitrogen and oxygen atoms in total. The fraction of sp³-hybridized carbons (Fsp3) is 0.0714. The smallest absolute Gasteiger partial charge is 0.339 e. The second-order valence-electron chi connectivity index (χ2n) is 3.91. The molecule has 0 spiro atoms. The van der Waals surface area contributed by atoms with Crippen molar-refractivity contribution in [3.8, 4) is 0 Å². The first-order chi connectivity index (χ1) is 9.08. The van der Waals surface area contributed by atoms with Crippen molar-refractivity contribution in [1.29, 1.82) is 0 Å². The van der Waals surface area contributed by atoms with Crippen LogP contribution in [0.5, 0.6) is 0 Å². The maximum Gasteiger partial charge on any atom is 0.339 e. The second-order valence-corrected chi connectivity index (χ2v) is 5.62. The van der Waals surface area contributed by atoms with E-state index in [-0.39, 0.29) is 6.61 Å². The van der Waals surface area contributed by atoms with E-state index >= 15 is 0 Å². The van der Waals surface area contributed by atoms with Crippen LogP contribution >= 0.6 is 31.9 Å². The molecule has 0 aliphatic heterocycles. The molecule has 0 radical (unpaired) electrons. The number of carbonyl (C=O) groups is 1. The summed E-state index contributed by atoms with van der Waals surface area (Å²) in [6.45, 7) is 0.230. The summed E-state index contributed by atoms with van der Waals surface area (Å²) >= 11 is 6.64. The van der Waals surface area contributed by atoms with Crippen molar-refractivity contribution in [1.82, 2.24) is 0 Å². The number of carbonyl (C=O) groups excluding carboxylic acids is 1. The Morgan fingerprint density at radius 2 is 1.79 bits per heavy atom. The Morgan fingerprint density at radius 3 is 2.47 bits per heavy atom. The minimum absolute atomic E-state index is 0.230. The Labute approximate surface area is 128 Å². The molecule has 0 unspecified atom stereocenters. The van der Waals surface area contributed by atoms with Crippen molar-refractivity contribution in [2.75, 3.05) is 5.73 Å². The Balaban J connectivity index is 2.05. The molecule has 0 bridgehead atoms. The molecule has 2 aromatic carbocycles. The second kappa shape index (κ2) is 6.21. The molecular formula is C14H11Br2NO2. The average molecular weight is 385 g/mol. The molecule has 2 rings (SSSR count). The van der Waals surface area contributed by atoms with Gasteiger partial charge in [0.1, 0.15) is 6.61 Å². The maximum atomic E-state index is 11.9. The van der Waals surface area contributed by atoms with Gasteiger partial charge in [-0.15, -0.1) is 0 Å². The number of nitrogens with two attached hydrogens (primary N) is 1. The molecule has 2 aromatic rings. The summed E-state index contributed by atoms with van der Waals surface area (Å²) in [4.78, 5) is 11.9. The molecular weight excluding hydrogens is 374 g/mol. The van der Waals surface area contributed by atoms with Crippen LogP contribution in [-0.2, 0) is 11.3 Å². The van der Waals surface area contributed by atoms with Gasteiger partial charge < -0.3 is 10.5 Å². The van der Waals surface area contributed by atoms with E-state index in [1.807, 2.05) is 24.3 Å². The number of ether oxygens (including phenoxy) is 1.